The first-order chi connectivity index (χ1) is 16.2. The van der Waals surface area contributed by atoms with Crippen molar-refractivity contribution in [2.45, 2.75) is 51.7 Å². The maximum Gasteiger partial charge on any atom is 0.326 e. The number of carbonyl (C=O) groups is 4. The van der Waals surface area contributed by atoms with Crippen molar-refractivity contribution in [1.29, 1.82) is 0 Å². The molecule has 0 spiro atoms. The molecular formula is C26H33N3O5. The van der Waals surface area contributed by atoms with E-state index in [4.69, 9.17) is 0 Å². The van der Waals surface area contributed by atoms with Gasteiger partial charge in [-0.2, -0.15) is 0 Å². The molecule has 0 saturated heterocycles. The van der Waals surface area contributed by atoms with E-state index in [1.165, 1.54) is 0 Å². The number of carbonyl (C=O) groups excluding carboxylic acids is 3. The van der Waals surface area contributed by atoms with Gasteiger partial charge in [0, 0.05) is 5.56 Å². The first kappa shape index (κ1) is 26.7. The molecule has 0 aliphatic carbocycles. The molecule has 4 N–H and O–H groups in total. The number of hydrogen-bond acceptors (Lipinski definition) is 5. The van der Waals surface area contributed by atoms with E-state index in [1.807, 2.05) is 44.2 Å². The molecule has 0 aliphatic rings. The second-order valence-corrected chi connectivity index (χ2v) is 8.68. The maximum absolute atomic E-state index is 13.0. The average molecular weight is 468 g/mol. The van der Waals surface area contributed by atoms with Gasteiger partial charge in [0.1, 0.15) is 6.04 Å². The average Bonchev–Trinajstić information content (AvgIpc) is 2.81. The number of ketones is 1. The van der Waals surface area contributed by atoms with Crippen LogP contribution in [-0.2, 0) is 20.8 Å². The summed E-state index contributed by atoms with van der Waals surface area (Å²) >= 11 is 0. The molecule has 0 saturated carbocycles. The number of Topliss-reactive ketones (excluding diaryl/α,β-unsaturated/α-hetero) is 1. The number of benzene rings is 2. The van der Waals surface area contributed by atoms with E-state index in [0.717, 1.165) is 5.56 Å². The van der Waals surface area contributed by atoms with E-state index < -0.39 is 30.0 Å². The summed E-state index contributed by atoms with van der Waals surface area (Å²) in [5.74, 6) is -2.18. The Labute approximate surface area is 200 Å². The van der Waals surface area contributed by atoms with E-state index in [9.17, 15) is 24.3 Å². The Balaban J connectivity index is 2.04. The third-order valence-electron chi connectivity index (χ3n) is 5.31. The van der Waals surface area contributed by atoms with Gasteiger partial charge in [-0.3, -0.25) is 19.7 Å². The predicted molar refractivity (Wildman–Crippen MR) is 129 cm³/mol. The van der Waals surface area contributed by atoms with Crippen LogP contribution in [0.25, 0.3) is 0 Å². The lowest BCUT2D eigenvalue weighted by Crippen LogP contribution is -2.53. The summed E-state index contributed by atoms with van der Waals surface area (Å²) in [7, 11) is 0. The summed E-state index contributed by atoms with van der Waals surface area (Å²) in [5.41, 5.74) is 1.31. The van der Waals surface area contributed by atoms with Crippen LogP contribution in [-0.4, -0.2) is 53.3 Å². The second-order valence-electron chi connectivity index (χ2n) is 8.68. The topological polar surface area (TPSA) is 125 Å². The van der Waals surface area contributed by atoms with Crippen molar-refractivity contribution >= 4 is 23.6 Å². The highest BCUT2D eigenvalue weighted by Crippen LogP contribution is 2.08. The minimum absolute atomic E-state index is 0.0811. The van der Waals surface area contributed by atoms with Crippen molar-refractivity contribution in [2.24, 2.45) is 5.92 Å². The molecule has 2 rings (SSSR count). The number of aliphatic carboxylic acids is 1. The lowest BCUT2D eigenvalue weighted by Gasteiger charge is -2.23. The molecule has 8 nitrogen and oxygen atoms in total. The summed E-state index contributed by atoms with van der Waals surface area (Å²) in [6, 6.07) is 15.2. The van der Waals surface area contributed by atoms with Crippen LogP contribution in [0.2, 0.25) is 0 Å². The molecule has 2 aromatic carbocycles. The molecule has 0 aliphatic heterocycles. The van der Waals surface area contributed by atoms with Gasteiger partial charge in [0.25, 0.3) is 5.91 Å². The fraction of sp³-hybridized carbons (Fsp3) is 0.385. The molecule has 0 aromatic heterocycles. The summed E-state index contributed by atoms with van der Waals surface area (Å²) in [4.78, 5) is 49.5. The molecule has 0 radical (unpaired) electrons. The lowest BCUT2D eigenvalue weighted by molar-refractivity contribution is -0.142. The van der Waals surface area contributed by atoms with Gasteiger partial charge in [-0.15, -0.1) is 0 Å². The summed E-state index contributed by atoms with van der Waals surface area (Å²) < 4.78 is 0. The molecule has 1 unspecified atom stereocenters. The molecule has 0 fully saturated rings. The van der Waals surface area contributed by atoms with Crippen LogP contribution in [0.5, 0.6) is 0 Å². The van der Waals surface area contributed by atoms with Gasteiger partial charge in [-0.1, -0.05) is 62.4 Å². The summed E-state index contributed by atoms with van der Waals surface area (Å²) in [6.45, 7) is 5.18. The number of rotatable bonds is 13. The van der Waals surface area contributed by atoms with Gasteiger partial charge in [-0.25, -0.2) is 4.79 Å². The standard InChI is InChI=1S/C26H33N3O5/c1-17(2)14-22(26(33)34)29-25(32)21(15-19-10-6-4-7-11-19)27-16-23(30)18(3)28-24(31)20-12-8-5-9-13-20/h4-13,17-18,21-22,27H,14-16H2,1-3H3,(H,28,31)(H,29,32)(H,33,34)/t18?,21-,22-/m0/s1. The van der Waals surface area contributed by atoms with Crippen LogP contribution in [0.4, 0.5) is 0 Å². The van der Waals surface area contributed by atoms with Crippen molar-refractivity contribution in [2.75, 3.05) is 6.54 Å². The van der Waals surface area contributed by atoms with Crippen molar-refractivity contribution in [3.05, 3.63) is 71.8 Å². The van der Waals surface area contributed by atoms with Crippen molar-refractivity contribution in [1.82, 2.24) is 16.0 Å². The molecule has 2 amide bonds. The Morgan fingerprint density at radius 2 is 1.41 bits per heavy atom. The van der Waals surface area contributed by atoms with E-state index >= 15 is 0 Å². The Morgan fingerprint density at radius 3 is 1.97 bits per heavy atom. The minimum atomic E-state index is -1.10. The number of amides is 2. The van der Waals surface area contributed by atoms with Gasteiger partial charge < -0.3 is 15.7 Å². The van der Waals surface area contributed by atoms with Crippen LogP contribution in [0.3, 0.4) is 0 Å². The number of nitrogens with one attached hydrogen (secondary N) is 3. The van der Waals surface area contributed by atoms with E-state index in [-0.39, 0.29) is 30.6 Å². The smallest absolute Gasteiger partial charge is 0.326 e. The Bertz CT molecular complexity index is 963. The van der Waals surface area contributed by atoms with Crippen molar-refractivity contribution in [3.8, 4) is 0 Å². The highest BCUT2D eigenvalue weighted by atomic mass is 16.4. The fourth-order valence-electron chi connectivity index (χ4n) is 3.40. The summed E-state index contributed by atoms with van der Waals surface area (Å²) in [6.07, 6.45) is 0.569. The molecular weight excluding hydrogens is 434 g/mol. The normalized spacial score (nSPS) is 13.5. The zero-order valence-corrected chi connectivity index (χ0v) is 19.8. The molecule has 0 bridgehead atoms. The Kier molecular flexibility index (Phi) is 10.4. The molecule has 8 heteroatoms. The van der Waals surface area contributed by atoms with Crippen LogP contribution in [0, 0.1) is 5.92 Å². The quantitative estimate of drug-likeness (QED) is 0.358. The lowest BCUT2D eigenvalue weighted by atomic mass is 10.0. The van der Waals surface area contributed by atoms with Crippen LogP contribution >= 0.6 is 0 Å². The zero-order chi connectivity index (χ0) is 25.1. The number of carboxylic acids is 1. The van der Waals surface area contributed by atoms with Gasteiger partial charge in [-0.05, 0) is 43.4 Å². The van der Waals surface area contributed by atoms with E-state index in [2.05, 4.69) is 16.0 Å². The molecule has 2 aromatic rings. The predicted octanol–water partition coefficient (Wildman–Crippen LogP) is 2.19. The molecule has 182 valence electrons. The van der Waals surface area contributed by atoms with Gasteiger partial charge in [0.05, 0.1) is 18.6 Å². The van der Waals surface area contributed by atoms with Gasteiger partial charge in [0.2, 0.25) is 5.91 Å². The molecule has 34 heavy (non-hydrogen) atoms. The Morgan fingerprint density at radius 1 is 0.824 bits per heavy atom. The van der Waals surface area contributed by atoms with Crippen LogP contribution < -0.4 is 16.0 Å². The highest BCUT2D eigenvalue weighted by Gasteiger charge is 2.27. The Hall–Kier alpha value is -3.52. The number of hydrogen-bond donors (Lipinski definition) is 4. The maximum atomic E-state index is 13.0. The monoisotopic (exact) mass is 467 g/mol. The van der Waals surface area contributed by atoms with E-state index in [1.54, 1.807) is 37.3 Å². The molecule has 0 heterocycles. The third-order valence-corrected chi connectivity index (χ3v) is 5.31. The SMILES string of the molecule is CC(C)C[C@H](NC(=O)[C@H](Cc1ccccc1)NCC(=O)C(C)NC(=O)c1ccccc1)C(=O)O. The summed E-state index contributed by atoms with van der Waals surface area (Å²) in [5, 5.41) is 17.7. The van der Waals surface area contributed by atoms with Crippen molar-refractivity contribution in [3.63, 3.8) is 0 Å². The highest BCUT2D eigenvalue weighted by molar-refractivity contribution is 5.98. The van der Waals surface area contributed by atoms with Gasteiger partial charge in [0.15, 0.2) is 5.78 Å². The van der Waals surface area contributed by atoms with Crippen molar-refractivity contribution < 1.29 is 24.3 Å². The fourth-order valence-corrected chi connectivity index (χ4v) is 3.40. The van der Waals surface area contributed by atoms with Gasteiger partial charge >= 0.3 is 5.97 Å². The minimum Gasteiger partial charge on any atom is -0.480 e. The third kappa shape index (κ3) is 8.78. The van der Waals surface area contributed by atoms with Crippen LogP contribution in [0.1, 0.15) is 43.1 Å². The molecule has 3 atom stereocenters. The largest absolute Gasteiger partial charge is 0.480 e. The van der Waals surface area contributed by atoms with Crippen LogP contribution in [0.15, 0.2) is 60.7 Å². The first-order valence-corrected chi connectivity index (χ1v) is 11.4. The number of carboxylic acid groups (broad SMARTS) is 1. The zero-order valence-electron chi connectivity index (χ0n) is 19.8. The van der Waals surface area contributed by atoms with E-state index in [0.29, 0.717) is 12.0 Å². The first-order valence-electron chi connectivity index (χ1n) is 11.4. The second kappa shape index (κ2) is 13.3.